The van der Waals surface area contributed by atoms with Gasteiger partial charge >= 0.3 is 0 Å². The van der Waals surface area contributed by atoms with Crippen LogP contribution in [-0.2, 0) is 0 Å². The summed E-state index contributed by atoms with van der Waals surface area (Å²) in [7, 11) is 0. The van der Waals surface area contributed by atoms with Crippen molar-refractivity contribution in [3.8, 4) is 5.75 Å². The van der Waals surface area contributed by atoms with E-state index in [1.165, 1.54) is 19.0 Å². The van der Waals surface area contributed by atoms with Gasteiger partial charge in [0.25, 0.3) is 0 Å². The average molecular weight is 179 g/mol. The van der Waals surface area contributed by atoms with Crippen molar-refractivity contribution < 1.29 is 9.47 Å². The third-order valence-electron chi connectivity index (χ3n) is 2.26. The van der Waals surface area contributed by atoms with Gasteiger partial charge in [-0.25, -0.2) is 0 Å². The van der Waals surface area contributed by atoms with E-state index in [1.807, 2.05) is 6.07 Å². The molecular weight excluding hydrogens is 166 g/mol. The molecule has 13 heavy (non-hydrogen) atoms. The van der Waals surface area contributed by atoms with E-state index >= 15 is 0 Å². The van der Waals surface area contributed by atoms with Crippen molar-refractivity contribution in [1.29, 1.82) is 0 Å². The van der Waals surface area contributed by atoms with Crippen LogP contribution in [0.5, 0.6) is 5.75 Å². The number of aryl methyl sites for hydroxylation is 1. The summed E-state index contributed by atoms with van der Waals surface area (Å²) in [5.41, 5.74) is 0.693. The minimum absolute atomic E-state index is 0.674. The number of hydrogen-bond acceptors (Lipinski definition) is 2. The second-order valence-corrected chi connectivity index (χ2v) is 3.59. The summed E-state index contributed by atoms with van der Waals surface area (Å²) in [6, 6.07) is 3.61. The number of pyridine rings is 1. The molecule has 3 heteroatoms. The molecule has 0 aromatic carbocycles. The number of rotatable bonds is 3. The Hall–Kier alpha value is -1.25. The summed E-state index contributed by atoms with van der Waals surface area (Å²) in [5, 5.41) is 11.1. The predicted octanol–water partition coefficient (Wildman–Crippen LogP) is 1.42. The standard InChI is InChI=1S/C10H13NO2/c1-8-2-5-10(6-11(8)12)13-7-9-3-4-9/h2,5-6,9H,3-4,7H2,1H3. The molecule has 0 aliphatic heterocycles. The van der Waals surface area contributed by atoms with Gasteiger partial charge in [0.2, 0.25) is 6.20 Å². The highest BCUT2D eigenvalue weighted by Crippen LogP contribution is 2.29. The van der Waals surface area contributed by atoms with Crippen LogP contribution >= 0.6 is 0 Å². The quantitative estimate of drug-likeness (QED) is 0.519. The van der Waals surface area contributed by atoms with Crippen molar-refractivity contribution in [2.45, 2.75) is 19.8 Å². The molecule has 2 rings (SSSR count). The molecule has 0 N–H and O–H groups in total. The van der Waals surface area contributed by atoms with Gasteiger partial charge in [-0.2, -0.15) is 4.73 Å². The smallest absolute Gasteiger partial charge is 0.222 e. The first-order valence-corrected chi connectivity index (χ1v) is 4.58. The maximum Gasteiger partial charge on any atom is 0.222 e. The molecule has 0 atom stereocenters. The molecular formula is C10H13NO2. The normalized spacial score (nSPS) is 15.8. The Morgan fingerprint density at radius 2 is 2.31 bits per heavy atom. The molecule has 1 aliphatic rings. The van der Waals surface area contributed by atoms with Crippen LogP contribution in [0.4, 0.5) is 0 Å². The molecule has 1 heterocycles. The van der Waals surface area contributed by atoms with Gasteiger partial charge in [-0.1, -0.05) is 0 Å². The van der Waals surface area contributed by atoms with E-state index < -0.39 is 0 Å². The Morgan fingerprint density at radius 1 is 1.54 bits per heavy atom. The first-order chi connectivity index (χ1) is 6.25. The number of nitrogens with zero attached hydrogens (tertiary/aromatic N) is 1. The Morgan fingerprint density at radius 3 is 2.92 bits per heavy atom. The molecule has 0 spiro atoms. The summed E-state index contributed by atoms with van der Waals surface area (Å²) >= 11 is 0. The molecule has 1 aromatic heterocycles. The van der Waals surface area contributed by atoms with E-state index in [4.69, 9.17) is 4.74 Å². The van der Waals surface area contributed by atoms with Gasteiger partial charge in [0.1, 0.15) is 0 Å². The molecule has 0 amide bonds. The molecule has 1 saturated carbocycles. The van der Waals surface area contributed by atoms with Crippen LogP contribution in [0.15, 0.2) is 18.3 Å². The molecule has 70 valence electrons. The molecule has 1 aromatic rings. The maximum absolute atomic E-state index is 11.1. The summed E-state index contributed by atoms with van der Waals surface area (Å²) < 4.78 is 6.28. The highest BCUT2D eigenvalue weighted by atomic mass is 16.5. The average Bonchev–Trinajstić information content (AvgIpc) is 2.91. The second kappa shape index (κ2) is 3.24. The lowest BCUT2D eigenvalue weighted by Crippen LogP contribution is -2.29. The van der Waals surface area contributed by atoms with Crippen LogP contribution < -0.4 is 9.47 Å². The van der Waals surface area contributed by atoms with Crippen LogP contribution in [0.1, 0.15) is 18.5 Å². The molecule has 0 unspecified atom stereocenters. The molecule has 0 radical (unpaired) electrons. The highest BCUT2D eigenvalue weighted by molar-refractivity contribution is 5.15. The highest BCUT2D eigenvalue weighted by Gasteiger charge is 2.22. The fourth-order valence-electron chi connectivity index (χ4n) is 1.12. The zero-order chi connectivity index (χ0) is 9.26. The largest absolute Gasteiger partial charge is 0.618 e. The van der Waals surface area contributed by atoms with Crippen molar-refractivity contribution in [3.05, 3.63) is 29.2 Å². The number of aromatic nitrogens is 1. The van der Waals surface area contributed by atoms with E-state index in [1.54, 1.807) is 13.0 Å². The van der Waals surface area contributed by atoms with E-state index in [9.17, 15) is 5.21 Å². The first kappa shape index (κ1) is 8.35. The fourth-order valence-corrected chi connectivity index (χ4v) is 1.12. The van der Waals surface area contributed by atoms with E-state index in [2.05, 4.69) is 0 Å². The third-order valence-corrected chi connectivity index (χ3v) is 2.26. The summed E-state index contributed by atoms with van der Waals surface area (Å²) in [6.07, 6.45) is 4.02. The van der Waals surface area contributed by atoms with E-state index in [-0.39, 0.29) is 0 Å². The van der Waals surface area contributed by atoms with Crippen LogP contribution in [0.25, 0.3) is 0 Å². The zero-order valence-corrected chi connectivity index (χ0v) is 7.69. The maximum atomic E-state index is 11.1. The van der Waals surface area contributed by atoms with Gasteiger partial charge in [0.15, 0.2) is 11.4 Å². The summed E-state index contributed by atoms with van der Waals surface area (Å²) in [6.45, 7) is 2.53. The molecule has 1 fully saturated rings. The Bertz CT molecular complexity index is 308. The minimum atomic E-state index is 0.674. The lowest BCUT2D eigenvalue weighted by atomic mass is 10.3. The van der Waals surface area contributed by atoms with E-state index in [0.717, 1.165) is 17.3 Å². The zero-order valence-electron chi connectivity index (χ0n) is 7.69. The number of ether oxygens (including phenoxy) is 1. The van der Waals surface area contributed by atoms with Gasteiger partial charge in [0, 0.05) is 13.0 Å². The SMILES string of the molecule is Cc1ccc(OCC2CC2)c[n+]1[O-]. The molecule has 1 aliphatic carbocycles. The van der Waals surface area contributed by atoms with Gasteiger partial charge in [-0.05, 0) is 24.8 Å². The van der Waals surface area contributed by atoms with Crippen molar-refractivity contribution in [3.63, 3.8) is 0 Å². The van der Waals surface area contributed by atoms with Crippen molar-refractivity contribution in [2.24, 2.45) is 5.92 Å². The van der Waals surface area contributed by atoms with Crippen LogP contribution in [0.3, 0.4) is 0 Å². The Labute approximate surface area is 77.5 Å². The molecule has 0 saturated heterocycles. The van der Waals surface area contributed by atoms with Gasteiger partial charge < -0.3 is 9.94 Å². The van der Waals surface area contributed by atoms with Crippen LogP contribution in [-0.4, -0.2) is 6.61 Å². The van der Waals surface area contributed by atoms with Crippen molar-refractivity contribution in [1.82, 2.24) is 0 Å². The van der Waals surface area contributed by atoms with Gasteiger partial charge in [-0.3, -0.25) is 0 Å². The van der Waals surface area contributed by atoms with Gasteiger partial charge in [0.05, 0.1) is 6.61 Å². The summed E-state index contributed by atoms with van der Waals surface area (Å²) in [5.74, 6) is 1.40. The third kappa shape index (κ3) is 2.11. The van der Waals surface area contributed by atoms with Crippen LogP contribution in [0, 0.1) is 18.0 Å². The monoisotopic (exact) mass is 179 g/mol. The van der Waals surface area contributed by atoms with Crippen molar-refractivity contribution in [2.75, 3.05) is 6.61 Å². The predicted molar refractivity (Wildman–Crippen MR) is 48.4 cm³/mol. The van der Waals surface area contributed by atoms with Crippen LogP contribution in [0.2, 0.25) is 0 Å². The Balaban J connectivity index is 1.98. The lowest BCUT2D eigenvalue weighted by Gasteiger charge is -2.05. The summed E-state index contributed by atoms with van der Waals surface area (Å²) in [4.78, 5) is 0. The van der Waals surface area contributed by atoms with E-state index in [0.29, 0.717) is 11.4 Å². The number of hydrogen-bond donors (Lipinski definition) is 0. The fraction of sp³-hybridized carbons (Fsp3) is 0.500. The van der Waals surface area contributed by atoms with Crippen molar-refractivity contribution >= 4 is 0 Å². The second-order valence-electron chi connectivity index (χ2n) is 3.59. The molecule has 3 nitrogen and oxygen atoms in total. The Kier molecular flexibility index (Phi) is 2.08. The van der Waals surface area contributed by atoms with Gasteiger partial charge in [-0.15, -0.1) is 0 Å². The topological polar surface area (TPSA) is 36.2 Å². The minimum Gasteiger partial charge on any atom is -0.618 e. The lowest BCUT2D eigenvalue weighted by molar-refractivity contribution is -0.612. The molecule has 0 bridgehead atoms. The first-order valence-electron chi connectivity index (χ1n) is 4.58.